The molecule has 2 aromatic rings. The minimum Gasteiger partial charge on any atom is -0.375 e. The second-order valence-corrected chi connectivity index (χ2v) is 5.45. The topological polar surface area (TPSA) is 53.5 Å². The summed E-state index contributed by atoms with van der Waals surface area (Å²) in [6.45, 7) is 2.11. The Bertz CT molecular complexity index is 624. The van der Waals surface area contributed by atoms with Crippen LogP contribution in [0.3, 0.4) is 0 Å². The van der Waals surface area contributed by atoms with Crippen molar-refractivity contribution in [3.8, 4) is 0 Å². The number of halogens is 1. The average Bonchev–Trinajstić information content (AvgIpc) is 2.84. The van der Waals surface area contributed by atoms with Gasteiger partial charge in [-0.2, -0.15) is 5.10 Å². The fourth-order valence-electron chi connectivity index (χ4n) is 1.50. The number of nitrogens with one attached hydrogen (secondary N) is 2. The van der Waals surface area contributed by atoms with Crippen LogP contribution in [0.2, 0.25) is 5.02 Å². The van der Waals surface area contributed by atoms with Gasteiger partial charge in [-0.05, 0) is 36.1 Å². The van der Waals surface area contributed by atoms with Crippen LogP contribution in [0, 0.1) is 6.92 Å². The maximum Gasteiger partial charge on any atom is 0.259 e. The summed E-state index contributed by atoms with van der Waals surface area (Å²) in [4.78, 5) is 12.6. The van der Waals surface area contributed by atoms with Crippen molar-refractivity contribution >= 4 is 40.7 Å². The summed E-state index contributed by atoms with van der Waals surface area (Å²) in [5.41, 5.74) is 4.33. The number of nitrogens with zero attached hydrogens (tertiary/aromatic N) is 1. The second-order valence-electron chi connectivity index (χ2n) is 4.09. The summed E-state index contributed by atoms with van der Waals surface area (Å²) in [6.07, 6.45) is 1.65. The normalized spacial score (nSPS) is 10.7. The SMILES string of the molecule is Cc1ccsc1C=NNC(=O)CNc1ccccc1Cl. The Labute approximate surface area is 126 Å². The standard InChI is InChI=1S/C14H14ClN3OS/c1-10-6-7-20-13(10)8-17-18-14(19)9-16-12-5-3-2-4-11(12)15/h2-8,16H,9H2,1H3,(H,18,19). The number of para-hydroxylation sites is 1. The molecule has 20 heavy (non-hydrogen) atoms. The fourth-order valence-corrected chi connectivity index (χ4v) is 2.49. The van der Waals surface area contributed by atoms with Crippen molar-refractivity contribution in [2.75, 3.05) is 11.9 Å². The van der Waals surface area contributed by atoms with Gasteiger partial charge in [0.25, 0.3) is 5.91 Å². The largest absolute Gasteiger partial charge is 0.375 e. The van der Waals surface area contributed by atoms with E-state index in [4.69, 9.17) is 11.6 Å². The van der Waals surface area contributed by atoms with Crippen LogP contribution in [0.5, 0.6) is 0 Å². The minimum atomic E-state index is -0.227. The summed E-state index contributed by atoms with van der Waals surface area (Å²) < 4.78 is 0. The van der Waals surface area contributed by atoms with E-state index in [-0.39, 0.29) is 12.5 Å². The molecule has 2 N–H and O–H groups in total. The molecule has 0 radical (unpaired) electrons. The Morgan fingerprint density at radius 2 is 2.20 bits per heavy atom. The molecule has 0 aliphatic rings. The third kappa shape index (κ3) is 4.08. The van der Waals surface area contributed by atoms with Crippen LogP contribution in [-0.2, 0) is 4.79 Å². The molecule has 6 heteroatoms. The number of amides is 1. The maximum absolute atomic E-state index is 11.6. The first-order valence-electron chi connectivity index (χ1n) is 6.01. The number of rotatable bonds is 5. The van der Waals surface area contributed by atoms with Crippen LogP contribution in [0.25, 0.3) is 0 Å². The van der Waals surface area contributed by atoms with E-state index < -0.39 is 0 Å². The lowest BCUT2D eigenvalue weighted by Crippen LogP contribution is -2.25. The van der Waals surface area contributed by atoms with Gasteiger partial charge in [0, 0.05) is 4.88 Å². The van der Waals surface area contributed by atoms with Gasteiger partial charge in [0.1, 0.15) is 0 Å². The van der Waals surface area contributed by atoms with Gasteiger partial charge in [0.2, 0.25) is 0 Å². The number of hydrogen-bond donors (Lipinski definition) is 2. The molecule has 0 spiro atoms. The summed E-state index contributed by atoms with van der Waals surface area (Å²) in [6, 6.07) is 9.27. The van der Waals surface area contributed by atoms with Gasteiger partial charge >= 0.3 is 0 Å². The van der Waals surface area contributed by atoms with E-state index in [1.807, 2.05) is 36.6 Å². The van der Waals surface area contributed by atoms with Gasteiger partial charge in [0.15, 0.2) is 0 Å². The average molecular weight is 308 g/mol. The molecular formula is C14H14ClN3OS. The van der Waals surface area contributed by atoms with E-state index in [1.165, 1.54) is 0 Å². The van der Waals surface area contributed by atoms with Crippen molar-refractivity contribution in [3.05, 3.63) is 51.2 Å². The number of hydrogen-bond acceptors (Lipinski definition) is 4. The Balaban J connectivity index is 1.80. The third-order valence-electron chi connectivity index (χ3n) is 2.59. The van der Waals surface area contributed by atoms with E-state index in [9.17, 15) is 4.79 Å². The minimum absolute atomic E-state index is 0.116. The Kier molecular flexibility index (Phi) is 5.15. The van der Waals surface area contributed by atoms with Crippen LogP contribution in [0.15, 0.2) is 40.8 Å². The summed E-state index contributed by atoms with van der Waals surface area (Å²) >= 11 is 7.55. The highest BCUT2D eigenvalue weighted by atomic mass is 35.5. The molecule has 2 rings (SSSR count). The van der Waals surface area contributed by atoms with Gasteiger partial charge in [0.05, 0.1) is 23.5 Å². The highest BCUT2D eigenvalue weighted by molar-refractivity contribution is 7.11. The van der Waals surface area contributed by atoms with Crippen molar-refractivity contribution in [2.24, 2.45) is 5.10 Å². The van der Waals surface area contributed by atoms with Crippen molar-refractivity contribution in [1.29, 1.82) is 0 Å². The zero-order valence-electron chi connectivity index (χ0n) is 10.9. The molecule has 1 heterocycles. The lowest BCUT2D eigenvalue weighted by Gasteiger charge is -2.06. The Morgan fingerprint density at radius 1 is 1.40 bits per heavy atom. The summed E-state index contributed by atoms with van der Waals surface area (Å²) in [7, 11) is 0. The van der Waals surface area contributed by atoms with Crippen LogP contribution in [0.1, 0.15) is 10.4 Å². The van der Waals surface area contributed by atoms with Crippen molar-refractivity contribution in [2.45, 2.75) is 6.92 Å². The number of anilines is 1. The first kappa shape index (κ1) is 14.6. The molecule has 0 atom stereocenters. The van der Waals surface area contributed by atoms with Gasteiger partial charge in [-0.15, -0.1) is 11.3 Å². The van der Waals surface area contributed by atoms with Gasteiger partial charge < -0.3 is 5.32 Å². The summed E-state index contributed by atoms with van der Waals surface area (Å²) in [5, 5.41) is 9.44. The lowest BCUT2D eigenvalue weighted by molar-refractivity contribution is -0.119. The number of aryl methyl sites for hydroxylation is 1. The van der Waals surface area contributed by atoms with E-state index in [0.717, 1.165) is 16.1 Å². The molecule has 1 aromatic carbocycles. The fraction of sp³-hybridized carbons (Fsp3) is 0.143. The number of thiophene rings is 1. The van der Waals surface area contributed by atoms with Crippen molar-refractivity contribution in [1.82, 2.24) is 5.43 Å². The second kappa shape index (κ2) is 7.07. The molecular weight excluding hydrogens is 294 g/mol. The molecule has 1 aromatic heterocycles. The predicted molar refractivity (Wildman–Crippen MR) is 84.7 cm³/mol. The molecule has 4 nitrogen and oxygen atoms in total. The smallest absolute Gasteiger partial charge is 0.259 e. The molecule has 104 valence electrons. The van der Waals surface area contributed by atoms with E-state index in [0.29, 0.717) is 5.02 Å². The molecule has 0 saturated heterocycles. The van der Waals surface area contributed by atoms with E-state index >= 15 is 0 Å². The van der Waals surface area contributed by atoms with Crippen LogP contribution >= 0.6 is 22.9 Å². The van der Waals surface area contributed by atoms with Crippen LogP contribution in [0.4, 0.5) is 5.69 Å². The lowest BCUT2D eigenvalue weighted by atomic mass is 10.3. The molecule has 0 unspecified atom stereocenters. The van der Waals surface area contributed by atoms with Crippen molar-refractivity contribution in [3.63, 3.8) is 0 Å². The molecule has 0 fully saturated rings. The van der Waals surface area contributed by atoms with Gasteiger partial charge in [-0.25, -0.2) is 5.43 Å². The highest BCUT2D eigenvalue weighted by Crippen LogP contribution is 2.19. The van der Waals surface area contributed by atoms with Crippen LogP contribution < -0.4 is 10.7 Å². The first-order chi connectivity index (χ1) is 9.66. The third-order valence-corrected chi connectivity index (χ3v) is 3.87. The number of benzene rings is 1. The molecule has 0 aliphatic carbocycles. The molecule has 0 aliphatic heterocycles. The quantitative estimate of drug-likeness (QED) is 0.658. The number of carbonyl (C=O) groups is 1. The number of carbonyl (C=O) groups excluding carboxylic acids is 1. The Morgan fingerprint density at radius 3 is 2.90 bits per heavy atom. The zero-order valence-corrected chi connectivity index (χ0v) is 12.5. The first-order valence-corrected chi connectivity index (χ1v) is 7.27. The van der Waals surface area contributed by atoms with E-state index in [1.54, 1.807) is 23.6 Å². The Hall–Kier alpha value is -1.85. The van der Waals surface area contributed by atoms with E-state index in [2.05, 4.69) is 15.8 Å². The van der Waals surface area contributed by atoms with Crippen molar-refractivity contribution < 1.29 is 4.79 Å². The summed E-state index contributed by atoms with van der Waals surface area (Å²) in [5.74, 6) is -0.227. The predicted octanol–water partition coefficient (Wildman–Crippen LogP) is 3.27. The maximum atomic E-state index is 11.6. The zero-order chi connectivity index (χ0) is 14.4. The highest BCUT2D eigenvalue weighted by Gasteiger charge is 2.02. The number of hydrazone groups is 1. The monoisotopic (exact) mass is 307 g/mol. The van der Waals surface area contributed by atoms with Gasteiger partial charge in [-0.3, -0.25) is 4.79 Å². The van der Waals surface area contributed by atoms with Crippen LogP contribution in [-0.4, -0.2) is 18.7 Å². The molecule has 0 saturated carbocycles. The van der Waals surface area contributed by atoms with Gasteiger partial charge in [-0.1, -0.05) is 23.7 Å². The molecule has 0 bridgehead atoms. The molecule has 1 amide bonds.